The maximum atomic E-state index is 2.26. The zero-order valence-electron chi connectivity index (χ0n) is 7.55. The third kappa shape index (κ3) is 2.06. The van der Waals surface area contributed by atoms with E-state index < -0.39 is 0 Å². The van der Waals surface area contributed by atoms with Crippen LogP contribution in [0.3, 0.4) is 0 Å². The lowest BCUT2D eigenvalue weighted by molar-refractivity contribution is 0.685. The molecule has 2 nitrogen and oxygen atoms in total. The molecule has 0 fully saturated rings. The van der Waals surface area contributed by atoms with Gasteiger partial charge in [-0.2, -0.15) is 0 Å². The minimum absolute atomic E-state index is 0. The molecule has 0 radical (unpaired) electrons. The summed E-state index contributed by atoms with van der Waals surface area (Å²) >= 11 is 0. The SMILES string of the molecule is N.N.c1ccc2c(c1)CCCC2. The van der Waals surface area contributed by atoms with Crippen molar-refractivity contribution in [2.75, 3.05) is 0 Å². The third-order valence-corrected chi connectivity index (χ3v) is 2.26. The smallest absolute Gasteiger partial charge is 0.0276 e. The first-order valence-corrected chi connectivity index (χ1v) is 4.03. The minimum atomic E-state index is 0. The highest BCUT2D eigenvalue weighted by atomic mass is 14.1. The second kappa shape index (κ2) is 4.91. The molecule has 12 heavy (non-hydrogen) atoms. The lowest BCUT2D eigenvalue weighted by atomic mass is 9.92. The summed E-state index contributed by atoms with van der Waals surface area (Å²) in [5, 5.41) is 0. The van der Waals surface area contributed by atoms with Crippen LogP contribution < -0.4 is 12.3 Å². The van der Waals surface area contributed by atoms with Crippen LogP contribution in [-0.2, 0) is 12.8 Å². The van der Waals surface area contributed by atoms with Crippen LogP contribution in [0.15, 0.2) is 24.3 Å². The Balaban J connectivity index is 0.000000605. The van der Waals surface area contributed by atoms with Crippen LogP contribution in [0.4, 0.5) is 0 Å². The maximum Gasteiger partial charge on any atom is -0.0276 e. The van der Waals surface area contributed by atoms with Crippen LogP contribution >= 0.6 is 0 Å². The van der Waals surface area contributed by atoms with Gasteiger partial charge in [-0.3, -0.25) is 0 Å². The Kier molecular flexibility index (Phi) is 4.55. The second-order valence-corrected chi connectivity index (χ2v) is 2.98. The number of rotatable bonds is 0. The molecular weight excluding hydrogens is 148 g/mol. The normalized spacial score (nSPS) is 13.7. The van der Waals surface area contributed by atoms with E-state index in [4.69, 9.17) is 0 Å². The minimum Gasteiger partial charge on any atom is -0.344 e. The van der Waals surface area contributed by atoms with Gasteiger partial charge in [0.05, 0.1) is 0 Å². The van der Waals surface area contributed by atoms with Crippen LogP contribution in [0.1, 0.15) is 24.0 Å². The first kappa shape index (κ1) is 11.1. The molecule has 0 bridgehead atoms. The molecule has 0 aliphatic heterocycles. The molecule has 1 aromatic carbocycles. The molecule has 0 amide bonds. The van der Waals surface area contributed by atoms with Crippen molar-refractivity contribution in [3.8, 4) is 0 Å². The van der Waals surface area contributed by atoms with Crippen LogP contribution in [0, 0.1) is 0 Å². The Bertz CT molecular complexity index is 208. The molecular formula is C10H18N2. The molecule has 0 heterocycles. The van der Waals surface area contributed by atoms with Gasteiger partial charge in [0.2, 0.25) is 0 Å². The quantitative estimate of drug-likeness (QED) is 0.622. The van der Waals surface area contributed by atoms with Crippen molar-refractivity contribution >= 4 is 0 Å². The Hall–Kier alpha value is -0.860. The fourth-order valence-electron chi connectivity index (χ4n) is 1.68. The molecule has 0 atom stereocenters. The van der Waals surface area contributed by atoms with Crippen LogP contribution in [-0.4, -0.2) is 0 Å². The summed E-state index contributed by atoms with van der Waals surface area (Å²) in [6.45, 7) is 0. The van der Waals surface area contributed by atoms with Crippen molar-refractivity contribution in [2.24, 2.45) is 0 Å². The average molecular weight is 166 g/mol. The molecule has 0 spiro atoms. The van der Waals surface area contributed by atoms with Gasteiger partial charge in [0.1, 0.15) is 0 Å². The van der Waals surface area contributed by atoms with Crippen molar-refractivity contribution in [3.05, 3.63) is 35.4 Å². The third-order valence-electron chi connectivity index (χ3n) is 2.26. The van der Waals surface area contributed by atoms with E-state index in [-0.39, 0.29) is 12.3 Å². The number of hydrogen-bond donors (Lipinski definition) is 2. The highest BCUT2D eigenvalue weighted by Gasteiger charge is 2.05. The summed E-state index contributed by atoms with van der Waals surface area (Å²) in [6.07, 6.45) is 5.38. The van der Waals surface area contributed by atoms with E-state index in [0.29, 0.717) is 0 Å². The van der Waals surface area contributed by atoms with E-state index >= 15 is 0 Å². The lowest BCUT2D eigenvalue weighted by Crippen LogP contribution is -2.00. The summed E-state index contributed by atoms with van der Waals surface area (Å²) in [4.78, 5) is 0. The number of hydrogen-bond acceptors (Lipinski definition) is 2. The predicted octanol–water partition coefficient (Wildman–Crippen LogP) is 2.89. The summed E-state index contributed by atoms with van der Waals surface area (Å²) in [5.41, 5.74) is 3.16. The number of aryl methyl sites for hydroxylation is 2. The van der Waals surface area contributed by atoms with Gasteiger partial charge in [-0.05, 0) is 36.8 Å². The maximum absolute atomic E-state index is 2.26. The molecule has 0 unspecified atom stereocenters. The highest BCUT2D eigenvalue weighted by Crippen LogP contribution is 2.19. The largest absolute Gasteiger partial charge is 0.344 e. The van der Waals surface area contributed by atoms with E-state index in [1.165, 1.54) is 25.7 Å². The summed E-state index contributed by atoms with van der Waals surface area (Å²) in [7, 11) is 0. The Morgan fingerprint density at radius 3 is 1.58 bits per heavy atom. The van der Waals surface area contributed by atoms with Crippen LogP contribution in [0.2, 0.25) is 0 Å². The molecule has 0 saturated heterocycles. The van der Waals surface area contributed by atoms with Crippen LogP contribution in [0.5, 0.6) is 0 Å². The van der Waals surface area contributed by atoms with Gasteiger partial charge in [0, 0.05) is 0 Å². The molecule has 2 heteroatoms. The van der Waals surface area contributed by atoms with E-state index in [0.717, 1.165) is 0 Å². The van der Waals surface area contributed by atoms with Gasteiger partial charge >= 0.3 is 0 Å². The Morgan fingerprint density at radius 1 is 0.750 bits per heavy atom. The fraction of sp³-hybridized carbons (Fsp3) is 0.400. The fourth-order valence-corrected chi connectivity index (χ4v) is 1.68. The number of benzene rings is 1. The predicted molar refractivity (Wildman–Crippen MR) is 53.1 cm³/mol. The Labute approximate surface area is 74.2 Å². The molecule has 6 N–H and O–H groups in total. The van der Waals surface area contributed by atoms with Crippen molar-refractivity contribution in [2.45, 2.75) is 25.7 Å². The van der Waals surface area contributed by atoms with Gasteiger partial charge in [-0.15, -0.1) is 0 Å². The molecule has 1 aromatic rings. The molecule has 68 valence electrons. The lowest BCUT2D eigenvalue weighted by Gasteiger charge is -2.13. The van der Waals surface area contributed by atoms with Gasteiger partial charge in [0.25, 0.3) is 0 Å². The second-order valence-electron chi connectivity index (χ2n) is 2.98. The summed E-state index contributed by atoms with van der Waals surface area (Å²) in [6, 6.07) is 8.80. The van der Waals surface area contributed by atoms with Gasteiger partial charge in [-0.1, -0.05) is 24.3 Å². The monoisotopic (exact) mass is 166 g/mol. The average Bonchev–Trinajstić information content (AvgIpc) is 2.05. The van der Waals surface area contributed by atoms with Gasteiger partial charge in [-0.25, -0.2) is 0 Å². The van der Waals surface area contributed by atoms with E-state index in [1.807, 2.05) is 0 Å². The first-order valence-electron chi connectivity index (χ1n) is 4.03. The van der Waals surface area contributed by atoms with E-state index in [2.05, 4.69) is 24.3 Å². The topological polar surface area (TPSA) is 70.0 Å². The molecule has 0 saturated carbocycles. The van der Waals surface area contributed by atoms with Crippen molar-refractivity contribution in [3.63, 3.8) is 0 Å². The standard InChI is InChI=1S/C10H12.2H3N/c1-2-6-10-8-4-3-7-9(10)5-1;;/h1-2,5-6H,3-4,7-8H2;2*1H3. The van der Waals surface area contributed by atoms with E-state index in [9.17, 15) is 0 Å². The summed E-state index contributed by atoms with van der Waals surface area (Å²) in [5.74, 6) is 0. The molecule has 2 rings (SSSR count). The van der Waals surface area contributed by atoms with Crippen LogP contribution in [0.25, 0.3) is 0 Å². The molecule has 0 aromatic heterocycles. The summed E-state index contributed by atoms with van der Waals surface area (Å²) < 4.78 is 0. The van der Waals surface area contributed by atoms with Gasteiger partial charge < -0.3 is 12.3 Å². The Morgan fingerprint density at radius 2 is 1.17 bits per heavy atom. The van der Waals surface area contributed by atoms with Crippen molar-refractivity contribution < 1.29 is 0 Å². The zero-order chi connectivity index (χ0) is 6.81. The van der Waals surface area contributed by atoms with Crippen molar-refractivity contribution in [1.29, 1.82) is 0 Å². The molecule has 1 aliphatic carbocycles. The van der Waals surface area contributed by atoms with E-state index in [1.54, 1.807) is 11.1 Å². The zero-order valence-corrected chi connectivity index (χ0v) is 7.55. The van der Waals surface area contributed by atoms with Gasteiger partial charge in [0.15, 0.2) is 0 Å². The first-order chi connectivity index (χ1) is 4.97. The van der Waals surface area contributed by atoms with Crippen molar-refractivity contribution in [1.82, 2.24) is 12.3 Å². The molecule has 1 aliphatic rings. The number of fused-ring (bicyclic) bond motifs is 1. The highest BCUT2D eigenvalue weighted by molar-refractivity contribution is 5.28.